The molecule has 0 aliphatic heterocycles. The van der Waals surface area contributed by atoms with E-state index in [-0.39, 0.29) is 17.8 Å². The van der Waals surface area contributed by atoms with Crippen LogP contribution in [0.3, 0.4) is 0 Å². The standard InChI is InChI=1S/C16H13ClFNO/c17-15-3-1-2-11-8-13(9-14(11)15)19-16(20)10-4-6-12(18)7-5-10/h1-7,13H,8-9H2,(H,19,20). The Morgan fingerprint density at radius 2 is 1.90 bits per heavy atom. The summed E-state index contributed by atoms with van der Waals surface area (Å²) in [6.07, 6.45) is 1.52. The minimum atomic E-state index is -0.346. The third-order valence-electron chi connectivity index (χ3n) is 3.57. The Kier molecular flexibility index (Phi) is 3.45. The summed E-state index contributed by atoms with van der Waals surface area (Å²) in [7, 11) is 0. The largest absolute Gasteiger partial charge is 0.349 e. The van der Waals surface area contributed by atoms with Crippen LogP contribution in [0.15, 0.2) is 42.5 Å². The third kappa shape index (κ3) is 2.54. The molecule has 2 aromatic carbocycles. The highest BCUT2D eigenvalue weighted by atomic mass is 35.5. The molecule has 1 amide bonds. The molecule has 2 nitrogen and oxygen atoms in total. The second kappa shape index (κ2) is 5.25. The smallest absolute Gasteiger partial charge is 0.251 e. The number of hydrogen-bond donors (Lipinski definition) is 1. The summed E-state index contributed by atoms with van der Waals surface area (Å²) >= 11 is 6.15. The van der Waals surface area contributed by atoms with Crippen LogP contribution in [0.1, 0.15) is 21.5 Å². The first kappa shape index (κ1) is 13.1. The third-order valence-corrected chi connectivity index (χ3v) is 3.93. The fourth-order valence-electron chi connectivity index (χ4n) is 2.58. The molecule has 0 heterocycles. The fourth-order valence-corrected chi connectivity index (χ4v) is 2.85. The molecule has 3 rings (SSSR count). The molecule has 1 unspecified atom stereocenters. The number of hydrogen-bond acceptors (Lipinski definition) is 1. The first-order valence-electron chi connectivity index (χ1n) is 6.46. The summed E-state index contributed by atoms with van der Waals surface area (Å²) in [6.45, 7) is 0. The Morgan fingerprint density at radius 3 is 2.60 bits per heavy atom. The number of carbonyl (C=O) groups is 1. The van der Waals surface area contributed by atoms with Gasteiger partial charge in [-0.25, -0.2) is 4.39 Å². The van der Waals surface area contributed by atoms with Crippen molar-refractivity contribution in [1.29, 1.82) is 0 Å². The zero-order valence-corrected chi connectivity index (χ0v) is 11.5. The number of fused-ring (bicyclic) bond motifs is 1. The van der Waals surface area contributed by atoms with Crippen LogP contribution >= 0.6 is 11.6 Å². The van der Waals surface area contributed by atoms with Crippen molar-refractivity contribution in [3.63, 3.8) is 0 Å². The minimum Gasteiger partial charge on any atom is -0.349 e. The molecule has 0 saturated heterocycles. The zero-order chi connectivity index (χ0) is 14.1. The molecule has 1 aliphatic rings. The molecule has 0 bridgehead atoms. The van der Waals surface area contributed by atoms with E-state index in [1.165, 1.54) is 29.8 Å². The summed E-state index contributed by atoms with van der Waals surface area (Å²) in [6, 6.07) is 11.4. The van der Waals surface area contributed by atoms with E-state index >= 15 is 0 Å². The van der Waals surface area contributed by atoms with Gasteiger partial charge in [0.2, 0.25) is 0 Å². The molecular formula is C16H13ClFNO. The van der Waals surface area contributed by atoms with E-state index in [0.29, 0.717) is 5.56 Å². The number of halogens is 2. The molecule has 1 atom stereocenters. The lowest BCUT2D eigenvalue weighted by Gasteiger charge is -2.12. The van der Waals surface area contributed by atoms with Gasteiger partial charge < -0.3 is 5.32 Å². The zero-order valence-electron chi connectivity index (χ0n) is 10.7. The van der Waals surface area contributed by atoms with Crippen LogP contribution in [0.25, 0.3) is 0 Å². The van der Waals surface area contributed by atoms with Crippen LogP contribution in [-0.2, 0) is 12.8 Å². The molecular weight excluding hydrogens is 277 g/mol. The van der Waals surface area contributed by atoms with Gasteiger partial charge in [-0.05, 0) is 54.3 Å². The summed E-state index contributed by atoms with van der Waals surface area (Å²) < 4.78 is 12.8. The Hall–Kier alpha value is -1.87. The number of carbonyl (C=O) groups excluding carboxylic acids is 1. The van der Waals surface area contributed by atoms with E-state index in [4.69, 9.17) is 11.6 Å². The SMILES string of the molecule is O=C(NC1Cc2cccc(Cl)c2C1)c1ccc(F)cc1. The maximum Gasteiger partial charge on any atom is 0.251 e. The van der Waals surface area contributed by atoms with Crippen LogP contribution in [0.2, 0.25) is 5.02 Å². The molecule has 1 aliphatic carbocycles. The van der Waals surface area contributed by atoms with Crippen LogP contribution < -0.4 is 5.32 Å². The van der Waals surface area contributed by atoms with Crippen molar-refractivity contribution in [3.8, 4) is 0 Å². The van der Waals surface area contributed by atoms with Gasteiger partial charge in [0.15, 0.2) is 0 Å². The number of benzene rings is 2. The molecule has 2 aromatic rings. The van der Waals surface area contributed by atoms with Crippen LogP contribution in [-0.4, -0.2) is 11.9 Å². The van der Waals surface area contributed by atoms with Crippen LogP contribution in [0, 0.1) is 5.82 Å². The monoisotopic (exact) mass is 289 g/mol. The maximum absolute atomic E-state index is 12.8. The van der Waals surface area contributed by atoms with Crippen molar-refractivity contribution < 1.29 is 9.18 Å². The quantitative estimate of drug-likeness (QED) is 0.902. The highest BCUT2D eigenvalue weighted by Gasteiger charge is 2.24. The number of amides is 1. The highest BCUT2D eigenvalue weighted by molar-refractivity contribution is 6.31. The van der Waals surface area contributed by atoms with E-state index in [2.05, 4.69) is 5.32 Å². The second-order valence-corrected chi connectivity index (χ2v) is 5.37. The van der Waals surface area contributed by atoms with Crippen LogP contribution in [0.5, 0.6) is 0 Å². The summed E-state index contributed by atoms with van der Waals surface area (Å²) in [4.78, 5) is 12.1. The van der Waals surface area contributed by atoms with E-state index in [1.807, 2.05) is 18.2 Å². The Morgan fingerprint density at radius 1 is 1.15 bits per heavy atom. The molecule has 0 radical (unpaired) electrons. The van der Waals surface area contributed by atoms with Gasteiger partial charge in [0.1, 0.15) is 5.82 Å². The molecule has 102 valence electrons. The van der Waals surface area contributed by atoms with E-state index in [1.54, 1.807) is 0 Å². The van der Waals surface area contributed by atoms with Gasteiger partial charge >= 0.3 is 0 Å². The molecule has 0 fully saturated rings. The number of rotatable bonds is 2. The minimum absolute atomic E-state index is 0.0439. The Bertz CT molecular complexity index is 654. The predicted molar refractivity (Wildman–Crippen MR) is 76.5 cm³/mol. The van der Waals surface area contributed by atoms with E-state index in [9.17, 15) is 9.18 Å². The first-order valence-corrected chi connectivity index (χ1v) is 6.84. The topological polar surface area (TPSA) is 29.1 Å². The lowest BCUT2D eigenvalue weighted by atomic mass is 10.1. The van der Waals surface area contributed by atoms with Gasteiger partial charge in [-0.3, -0.25) is 4.79 Å². The van der Waals surface area contributed by atoms with Crippen molar-refractivity contribution in [1.82, 2.24) is 5.32 Å². The second-order valence-electron chi connectivity index (χ2n) is 4.96. The lowest BCUT2D eigenvalue weighted by molar-refractivity contribution is 0.0938. The molecule has 20 heavy (non-hydrogen) atoms. The fraction of sp³-hybridized carbons (Fsp3) is 0.188. The highest BCUT2D eigenvalue weighted by Crippen LogP contribution is 2.28. The van der Waals surface area contributed by atoms with E-state index in [0.717, 1.165) is 23.4 Å². The Balaban J connectivity index is 1.70. The molecule has 4 heteroatoms. The first-order chi connectivity index (χ1) is 9.63. The summed E-state index contributed by atoms with van der Waals surface area (Å²) in [5.41, 5.74) is 2.76. The molecule has 0 aromatic heterocycles. The van der Waals surface area contributed by atoms with Crippen molar-refractivity contribution in [2.45, 2.75) is 18.9 Å². The normalized spacial score (nSPS) is 16.8. The van der Waals surface area contributed by atoms with Crippen molar-refractivity contribution in [2.24, 2.45) is 0 Å². The average Bonchev–Trinajstić information content (AvgIpc) is 2.83. The Labute approximate surface area is 121 Å². The molecule has 0 spiro atoms. The van der Waals surface area contributed by atoms with E-state index < -0.39 is 0 Å². The van der Waals surface area contributed by atoms with Gasteiger partial charge in [-0.1, -0.05) is 23.7 Å². The predicted octanol–water partition coefficient (Wildman–Crippen LogP) is 3.38. The van der Waals surface area contributed by atoms with Gasteiger partial charge in [-0.2, -0.15) is 0 Å². The summed E-state index contributed by atoms with van der Waals surface area (Å²) in [5, 5.41) is 3.72. The average molecular weight is 290 g/mol. The van der Waals surface area contributed by atoms with Gasteiger partial charge in [0, 0.05) is 16.6 Å². The van der Waals surface area contributed by atoms with Gasteiger partial charge in [-0.15, -0.1) is 0 Å². The summed E-state index contributed by atoms with van der Waals surface area (Å²) in [5.74, 6) is -0.527. The van der Waals surface area contributed by atoms with Crippen molar-refractivity contribution in [2.75, 3.05) is 0 Å². The van der Waals surface area contributed by atoms with Crippen molar-refractivity contribution in [3.05, 3.63) is 70.0 Å². The maximum atomic E-state index is 12.8. The van der Waals surface area contributed by atoms with Gasteiger partial charge in [0.25, 0.3) is 5.91 Å². The van der Waals surface area contributed by atoms with Crippen molar-refractivity contribution >= 4 is 17.5 Å². The molecule has 0 saturated carbocycles. The van der Waals surface area contributed by atoms with Gasteiger partial charge in [0.05, 0.1) is 0 Å². The lowest BCUT2D eigenvalue weighted by Crippen LogP contribution is -2.35. The van der Waals surface area contributed by atoms with Crippen LogP contribution in [0.4, 0.5) is 4.39 Å². The molecule has 1 N–H and O–H groups in total. The number of nitrogens with one attached hydrogen (secondary N) is 1.